The lowest BCUT2D eigenvalue weighted by atomic mass is 10.1. The van der Waals surface area contributed by atoms with Crippen LogP contribution < -0.4 is 22.5 Å². The zero-order valence-corrected chi connectivity index (χ0v) is 17.4. The number of nitrogens with one attached hydrogen (secondary N) is 2. The van der Waals surface area contributed by atoms with E-state index in [2.05, 4.69) is 16.0 Å². The van der Waals surface area contributed by atoms with Gasteiger partial charge >= 0.3 is 17.9 Å². The van der Waals surface area contributed by atoms with Crippen LogP contribution in [0.2, 0.25) is 0 Å². The van der Waals surface area contributed by atoms with Gasteiger partial charge in [-0.25, -0.2) is 0 Å². The number of carboxylic acids is 3. The van der Waals surface area contributed by atoms with Crippen LogP contribution >= 0.6 is 0 Å². The number of hydrogen-bond donors (Lipinski definition) is 8. The van der Waals surface area contributed by atoms with E-state index in [-0.39, 0.29) is 12.5 Å². The minimum Gasteiger partial charge on any atom is -0.480 e. The minimum absolute atomic E-state index is 0.269. The van der Waals surface area contributed by atoms with Gasteiger partial charge in [0.25, 0.3) is 0 Å². The van der Waals surface area contributed by atoms with Gasteiger partial charge in [0.15, 0.2) is 0 Å². The first-order chi connectivity index (χ1) is 15.0. The molecule has 2 heterocycles. The van der Waals surface area contributed by atoms with Crippen molar-refractivity contribution in [1.29, 1.82) is 0 Å². The van der Waals surface area contributed by atoms with Crippen LogP contribution in [0, 0.1) is 0 Å². The number of benzene rings is 1. The van der Waals surface area contributed by atoms with E-state index >= 15 is 0 Å². The van der Waals surface area contributed by atoms with Crippen LogP contribution in [-0.2, 0) is 25.6 Å². The van der Waals surface area contributed by atoms with Crippen molar-refractivity contribution in [3.05, 3.63) is 36.0 Å². The number of H-pyrrole nitrogens is 1. The van der Waals surface area contributed by atoms with Gasteiger partial charge in [0.05, 0.1) is 6.42 Å². The molecule has 1 aromatic carbocycles. The van der Waals surface area contributed by atoms with Crippen LogP contribution in [0.1, 0.15) is 24.8 Å². The van der Waals surface area contributed by atoms with Crippen molar-refractivity contribution in [2.24, 2.45) is 17.2 Å². The van der Waals surface area contributed by atoms with E-state index in [4.69, 9.17) is 26.8 Å². The molecule has 0 aliphatic carbocycles. The van der Waals surface area contributed by atoms with Crippen LogP contribution in [0.5, 0.6) is 0 Å². The Morgan fingerprint density at radius 3 is 2.09 bits per heavy atom. The molecule has 0 spiro atoms. The second-order valence-electron chi connectivity index (χ2n) is 7.11. The maximum absolute atomic E-state index is 10.6. The number of carbonyl (C=O) groups excluding carboxylic acids is 1. The smallest absolute Gasteiger partial charge is 0.321 e. The summed E-state index contributed by atoms with van der Waals surface area (Å²) in [5.41, 5.74) is 17.0. The zero-order valence-electron chi connectivity index (χ0n) is 17.4. The molecule has 2 unspecified atom stereocenters. The van der Waals surface area contributed by atoms with Crippen molar-refractivity contribution in [3.63, 3.8) is 0 Å². The van der Waals surface area contributed by atoms with Crippen LogP contribution in [0.4, 0.5) is 0 Å². The molecule has 0 bridgehead atoms. The standard InChI is InChI=1S/C11H12N2O2.C5H9NO2.C4H8N2O3/c12-9(11(14)15)5-7-6-13-10-4-2-1-3-8(7)10;7-5(8)4-2-1-3-6-4;5-2(4(8)9)1-3(6)7/h1-4,6,9,13H,5,12H2,(H,14,15);4,6H,1-3H2,(H,7,8);2H,1,5H2,(H2,6,7)(H,8,9)/t;4-;/m.0./s1. The molecule has 3 atom stereocenters. The van der Waals surface area contributed by atoms with Crippen LogP contribution in [0.25, 0.3) is 10.9 Å². The average Bonchev–Trinajstić information content (AvgIpc) is 3.39. The summed E-state index contributed by atoms with van der Waals surface area (Å²) in [6.45, 7) is 0.858. The first kappa shape index (κ1) is 26.6. The summed E-state index contributed by atoms with van der Waals surface area (Å²) < 4.78 is 0. The first-order valence-corrected chi connectivity index (χ1v) is 9.79. The number of aromatic nitrogens is 1. The molecule has 176 valence electrons. The fraction of sp³-hybridized carbons (Fsp3) is 0.400. The van der Waals surface area contributed by atoms with Gasteiger partial charge in [-0.2, -0.15) is 0 Å². The van der Waals surface area contributed by atoms with E-state index in [1.54, 1.807) is 0 Å². The molecule has 1 aliphatic heterocycles. The summed E-state index contributed by atoms with van der Waals surface area (Å²) in [7, 11) is 0. The summed E-state index contributed by atoms with van der Waals surface area (Å²) >= 11 is 0. The van der Waals surface area contributed by atoms with Crippen molar-refractivity contribution >= 4 is 34.7 Å². The molecule has 3 rings (SSSR count). The van der Waals surface area contributed by atoms with Crippen molar-refractivity contribution in [3.8, 4) is 0 Å². The first-order valence-electron chi connectivity index (χ1n) is 9.79. The van der Waals surface area contributed by atoms with E-state index in [1.807, 2.05) is 30.5 Å². The molecule has 1 saturated heterocycles. The molecular formula is C20H29N5O7. The van der Waals surface area contributed by atoms with Gasteiger partial charge in [-0.05, 0) is 31.0 Å². The Bertz CT molecular complexity index is 924. The number of para-hydroxylation sites is 1. The summed E-state index contributed by atoms with van der Waals surface area (Å²) in [6, 6.07) is 5.48. The lowest BCUT2D eigenvalue weighted by Gasteiger charge is -2.04. The Balaban J connectivity index is 0.000000260. The Labute approximate surface area is 183 Å². The van der Waals surface area contributed by atoms with Gasteiger partial charge in [0.2, 0.25) is 5.91 Å². The number of rotatable bonds is 7. The second kappa shape index (κ2) is 13.0. The fourth-order valence-corrected chi connectivity index (χ4v) is 2.82. The van der Waals surface area contributed by atoms with Gasteiger partial charge < -0.3 is 42.8 Å². The van der Waals surface area contributed by atoms with Gasteiger partial charge in [-0.3, -0.25) is 19.2 Å². The largest absolute Gasteiger partial charge is 0.480 e. The third-order valence-corrected chi connectivity index (χ3v) is 4.53. The molecular weight excluding hydrogens is 422 g/mol. The van der Waals surface area contributed by atoms with Crippen molar-refractivity contribution in [1.82, 2.24) is 10.3 Å². The number of primary amides is 1. The number of aliphatic carboxylic acids is 3. The SMILES string of the molecule is NC(=O)CC(N)C(=O)O.NC(Cc1c[nH]c2ccccc12)C(=O)O.O=C(O)[C@@H]1CCCN1. The monoisotopic (exact) mass is 451 g/mol. The summed E-state index contributed by atoms with van der Waals surface area (Å²) in [6.07, 6.45) is 3.63. The fourth-order valence-electron chi connectivity index (χ4n) is 2.82. The highest BCUT2D eigenvalue weighted by atomic mass is 16.4. The van der Waals surface area contributed by atoms with Gasteiger partial charge in [-0.15, -0.1) is 0 Å². The van der Waals surface area contributed by atoms with Gasteiger partial charge in [0.1, 0.15) is 18.1 Å². The molecule has 1 aromatic heterocycles. The van der Waals surface area contributed by atoms with E-state index < -0.39 is 35.9 Å². The number of hydrogen-bond acceptors (Lipinski definition) is 7. The number of carboxylic acid groups (broad SMARTS) is 3. The third kappa shape index (κ3) is 9.12. The maximum Gasteiger partial charge on any atom is 0.321 e. The maximum atomic E-state index is 10.6. The molecule has 1 aliphatic rings. The van der Waals surface area contributed by atoms with Gasteiger partial charge in [0, 0.05) is 23.5 Å². The number of nitrogens with two attached hydrogens (primary N) is 3. The highest BCUT2D eigenvalue weighted by Crippen LogP contribution is 2.18. The second-order valence-corrected chi connectivity index (χ2v) is 7.11. The Hall–Kier alpha value is -3.48. The Morgan fingerprint density at radius 2 is 1.66 bits per heavy atom. The quantitative estimate of drug-likeness (QED) is 0.261. The molecule has 0 saturated carbocycles. The van der Waals surface area contributed by atoms with Crippen LogP contribution in [-0.4, -0.2) is 68.8 Å². The number of amides is 1. The third-order valence-electron chi connectivity index (χ3n) is 4.53. The molecule has 12 heteroatoms. The lowest BCUT2D eigenvalue weighted by Crippen LogP contribution is -2.34. The van der Waals surface area contributed by atoms with E-state index in [9.17, 15) is 19.2 Å². The van der Waals surface area contributed by atoms with Crippen LogP contribution in [0.3, 0.4) is 0 Å². The molecule has 12 nitrogen and oxygen atoms in total. The summed E-state index contributed by atoms with van der Waals surface area (Å²) in [5.74, 6) is -3.61. The molecule has 1 fully saturated rings. The highest BCUT2D eigenvalue weighted by molar-refractivity contribution is 5.84. The normalized spacial score (nSPS) is 16.6. The van der Waals surface area contributed by atoms with E-state index in [0.717, 1.165) is 35.9 Å². The highest BCUT2D eigenvalue weighted by Gasteiger charge is 2.20. The lowest BCUT2D eigenvalue weighted by molar-refractivity contribution is -0.140. The van der Waals surface area contributed by atoms with E-state index in [0.29, 0.717) is 6.42 Å². The summed E-state index contributed by atoms with van der Waals surface area (Å²) in [4.78, 5) is 43.7. The zero-order chi connectivity index (χ0) is 24.3. The molecule has 1 amide bonds. The summed E-state index contributed by atoms with van der Waals surface area (Å²) in [5, 5.41) is 29.1. The minimum atomic E-state index is -1.21. The van der Waals surface area contributed by atoms with Crippen LogP contribution in [0.15, 0.2) is 30.5 Å². The Morgan fingerprint density at radius 1 is 1.03 bits per heavy atom. The molecule has 11 N–H and O–H groups in total. The molecule has 2 aromatic rings. The van der Waals surface area contributed by atoms with Crippen molar-refractivity contribution in [2.45, 2.75) is 43.8 Å². The predicted molar refractivity (Wildman–Crippen MR) is 116 cm³/mol. The average molecular weight is 451 g/mol. The Kier molecular flexibility index (Phi) is 10.8. The van der Waals surface area contributed by atoms with Gasteiger partial charge in [-0.1, -0.05) is 18.2 Å². The number of aromatic amines is 1. The molecule has 32 heavy (non-hydrogen) atoms. The topological polar surface area (TPSA) is 235 Å². The molecule has 0 radical (unpaired) electrons. The van der Waals surface area contributed by atoms with Crippen molar-refractivity contribution in [2.75, 3.05) is 6.54 Å². The predicted octanol–water partition coefficient (Wildman–Crippen LogP) is -0.781. The number of carbonyl (C=O) groups is 4. The number of fused-ring (bicyclic) bond motifs is 1. The van der Waals surface area contributed by atoms with E-state index in [1.165, 1.54) is 0 Å². The van der Waals surface area contributed by atoms with Crippen molar-refractivity contribution < 1.29 is 34.5 Å².